The summed E-state index contributed by atoms with van der Waals surface area (Å²) in [5.41, 5.74) is -0.150. The van der Waals surface area contributed by atoms with Gasteiger partial charge < -0.3 is 0 Å². The van der Waals surface area contributed by atoms with Crippen LogP contribution in [0.15, 0.2) is 45.0 Å². The number of aromatic nitrogens is 2. The first-order valence-corrected chi connectivity index (χ1v) is 6.19. The second-order valence-corrected chi connectivity index (χ2v) is 4.55. The highest BCUT2D eigenvalue weighted by atomic mass is 35.5. The van der Waals surface area contributed by atoms with Gasteiger partial charge in [-0.2, -0.15) is 5.10 Å². The Morgan fingerprint density at radius 1 is 1.35 bits per heavy atom. The van der Waals surface area contributed by atoms with Crippen molar-refractivity contribution in [3.63, 3.8) is 0 Å². The van der Waals surface area contributed by atoms with Crippen molar-refractivity contribution in [1.29, 1.82) is 0 Å². The van der Waals surface area contributed by atoms with Gasteiger partial charge in [-0.3, -0.25) is 19.4 Å². The quantitative estimate of drug-likeness (QED) is 0.682. The second kappa shape index (κ2) is 5.75. The lowest BCUT2D eigenvalue weighted by Gasteiger charge is -2.12. The number of aromatic amines is 1. The Kier molecular flexibility index (Phi) is 4.05. The summed E-state index contributed by atoms with van der Waals surface area (Å²) in [4.78, 5) is 25.6. The average molecular weight is 293 g/mol. The molecular weight excluding hydrogens is 280 g/mol. The van der Waals surface area contributed by atoms with Crippen molar-refractivity contribution < 1.29 is 0 Å². The molecule has 1 aromatic heterocycles. The number of nitrogens with one attached hydrogen (secondary N) is 1. The minimum absolute atomic E-state index is 0.307. The molecule has 2 aromatic rings. The van der Waals surface area contributed by atoms with Gasteiger partial charge >= 0.3 is 5.69 Å². The molecule has 0 aliphatic rings. The van der Waals surface area contributed by atoms with Crippen LogP contribution in [-0.4, -0.2) is 22.8 Å². The molecule has 0 atom stereocenters. The summed E-state index contributed by atoms with van der Waals surface area (Å²) in [5.74, 6) is 0.307. The van der Waals surface area contributed by atoms with Gasteiger partial charge in [0.15, 0.2) is 0 Å². The zero-order valence-electron chi connectivity index (χ0n) is 11.0. The molecule has 7 heteroatoms. The molecule has 104 valence electrons. The molecule has 0 amide bonds. The van der Waals surface area contributed by atoms with Gasteiger partial charge in [0, 0.05) is 30.7 Å². The van der Waals surface area contributed by atoms with Crippen molar-refractivity contribution in [3.05, 3.63) is 61.8 Å². The monoisotopic (exact) mass is 292 g/mol. The molecule has 0 saturated carbocycles. The Bertz CT molecular complexity index is 732. The van der Waals surface area contributed by atoms with Crippen LogP contribution in [0.25, 0.3) is 0 Å². The number of nitrogens with zero attached hydrogens (tertiary/aromatic N) is 3. The normalized spacial score (nSPS) is 10.9. The second-order valence-electron chi connectivity index (χ2n) is 4.15. The van der Waals surface area contributed by atoms with Crippen molar-refractivity contribution in [2.75, 3.05) is 12.1 Å². The molecule has 1 N–H and O–H groups in total. The summed E-state index contributed by atoms with van der Waals surface area (Å²) in [7, 11) is 3.02. The number of hydrogen-bond donors (Lipinski definition) is 1. The summed E-state index contributed by atoms with van der Waals surface area (Å²) in [6, 6.07) is 8.52. The maximum Gasteiger partial charge on any atom is 0.329 e. The van der Waals surface area contributed by atoms with Gasteiger partial charge in [0.25, 0.3) is 5.56 Å². The Morgan fingerprint density at radius 2 is 2.05 bits per heavy atom. The number of rotatable bonds is 3. The summed E-state index contributed by atoms with van der Waals surface area (Å²) < 4.78 is 0.981. The fraction of sp³-hybridized carbons (Fsp3) is 0.154. The topological polar surface area (TPSA) is 70.5 Å². The van der Waals surface area contributed by atoms with Crippen LogP contribution in [0.3, 0.4) is 0 Å². The predicted octanol–water partition coefficient (Wildman–Crippen LogP) is 1.20. The van der Waals surface area contributed by atoms with Crippen molar-refractivity contribution in [3.8, 4) is 0 Å². The molecule has 20 heavy (non-hydrogen) atoms. The number of anilines is 1. The van der Waals surface area contributed by atoms with E-state index in [2.05, 4.69) is 10.1 Å². The van der Waals surface area contributed by atoms with Gasteiger partial charge in [0.2, 0.25) is 0 Å². The van der Waals surface area contributed by atoms with E-state index in [1.54, 1.807) is 19.3 Å². The van der Waals surface area contributed by atoms with Crippen LogP contribution in [0.5, 0.6) is 0 Å². The van der Waals surface area contributed by atoms with E-state index in [4.69, 9.17) is 11.6 Å². The smallest absolute Gasteiger partial charge is 0.292 e. The molecule has 6 nitrogen and oxygen atoms in total. The van der Waals surface area contributed by atoms with Gasteiger partial charge in [-0.25, -0.2) is 4.79 Å². The summed E-state index contributed by atoms with van der Waals surface area (Å²) in [6.07, 6.45) is 1.55. The largest absolute Gasteiger partial charge is 0.329 e. The van der Waals surface area contributed by atoms with Crippen molar-refractivity contribution in [2.24, 2.45) is 12.1 Å². The highest BCUT2D eigenvalue weighted by molar-refractivity contribution is 6.33. The number of benzene rings is 1. The lowest BCUT2D eigenvalue weighted by atomic mass is 10.2. The van der Waals surface area contributed by atoms with Crippen LogP contribution in [0.1, 0.15) is 5.56 Å². The molecule has 0 fully saturated rings. The van der Waals surface area contributed by atoms with E-state index < -0.39 is 11.2 Å². The van der Waals surface area contributed by atoms with E-state index in [-0.39, 0.29) is 0 Å². The Morgan fingerprint density at radius 3 is 2.70 bits per heavy atom. The first kappa shape index (κ1) is 14.1. The minimum Gasteiger partial charge on any atom is -0.292 e. The van der Waals surface area contributed by atoms with Crippen LogP contribution in [0, 0.1) is 0 Å². The first-order chi connectivity index (χ1) is 9.49. The molecule has 1 aromatic carbocycles. The molecule has 0 spiro atoms. The van der Waals surface area contributed by atoms with Gasteiger partial charge in [0.1, 0.15) is 5.82 Å². The zero-order valence-corrected chi connectivity index (χ0v) is 11.8. The maximum atomic E-state index is 11.5. The van der Waals surface area contributed by atoms with E-state index >= 15 is 0 Å². The molecule has 0 aliphatic heterocycles. The number of hydrazone groups is 1. The van der Waals surface area contributed by atoms with Crippen molar-refractivity contribution in [1.82, 2.24) is 9.55 Å². The minimum atomic E-state index is -0.493. The average Bonchev–Trinajstić information content (AvgIpc) is 2.43. The molecule has 1 heterocycles. The lowest BCUT2D eigenvalue weighted by molar-refractivity contribution is 0.766. The van der Waals surface area contributed by atoms with E-state index in [0.29, 0.717) is 10.8 Å². The lowest BCUT2D eigenvalue weighted by Crippen LogP contribution is -2.33. The SMILES string of the molecule is CN(N=Cc1ccccc1Cl)c1cc(=O)n(C)c(=O)[nH]1. The third kappa shape index (κ3) is 2.97. The molecule has 0 unspecified atom stereocenters. The van der Waals surface area contributed by atoms with Crippen LogP contribution in [0.4, 0.5) is 5.82 Å². The molecular formula is C13H13ClN4O2. The summed E-state index contributed by atoms with van der Waals surface area (Å²) in [6.45, 7) is 0. The Hall–Kier alpha value is -2.34. The van der Waals surface area contributed by atoms with Crippen LogP contribution >= 0.6 is 11.6 Å². The van der Waals surface area contributed by atoms with Crippen LogP contribution in [0.2, 0.25) is 5.02 Å². The molecule has 0 aliphatic carbocycles. The van der Waals surface area contributed by atoms with Gasteiger partial charge in [-0.05, 0) is 6.07 Å². The number of H-pyrrole nitrogens is 1. The molecule has 0 radical (unpaired) electrons. The third-order valence-corrected chi connectivity index (χ3v) is 3.10. The highest BCUT2D eigenvalue weighted by Gasteiger charge is 2.04. The zero-order chi connectivity index (χ0) is 14.7. The Labute approximate surface area is 119 Å². The maximum absolute atomic E-state index is 11.5. The van der Waals surface area contributed by atoms with Gasteiger partial charge in [-0.1, -0.05) is 29.8 Å². The summed E-state index contributed by atoms with van der Waals surface area (Å²) >= 11 is 6.00. The fourth-order valence-electron chi connectivity index (χ4n) is 1.51. The molecule has 2 rings (SSSR count). The molecule has 0 saturated heterocycles. The van der Waals surface area contributed by atoms with Gasteiger partial charge in [0.05, 0.1) is 6.21 Å². The van der Waals surface area contributed by atoms with E-state index in [0.717, 1.165) is 10.1 Å². The first-order valence-electron chi connectivity index (χ1n) is 5.81. The van der Waals surface area contributed by atoms with Gasteiger partial charge in [-0.15, -0.1) is 0 Å². The predicted molar refractivity (Wildman–Crippen MR) is 79.8 cm³/mol. The third-order valence-electron chi connectivity index (χ3n) is 2.75. The van der Waals surface area contributed by atoms with Crippen molar-refractivity contribution >= 4 is 23.6 Å². The Balaban J connectivity index is 2.29. The van der Waals surface area contributed by atoms with Crippen LogP contribution in [-0.2, 0) is 7.05 Å². The standard InChI is InChI=1S/C13H13ClN4O2/c1-17-12(19)7-11(16-13(17)20)18(2)15-8-9-5-3-4-6-10(9)14/h3-8H,1-2H3,(H,16,20). The van der Waals surface area contributed by atoms with Crippen LogP contribution < -0.4 is 16.3 Å². The summed E-state index contributed by atoms with van der Waals surface area (Å²) in [5, 5.41) is 6.11. The van der Waals surface area contributed by atoms with E-state index in [1.165, 1.54) is 18.1 Å². The van der Waals surface area contributed by atoms with Crippen molar-refractivity contribution in [2.45, 2.75) is 0 Å². The highest BCUT2D eigenvalue weighted by Crippen LogP contribution is 2.13. The fourth-order valence-corrected chi connectivity index (χ4v) is 1.69. The number of hydrogen-bond acceptors (Lipinski definition) is 4. The van der Waals surface area contributed by atoms with E-state index in [1.807, 2.05) is 18.2 Å². The molecule has 0 bridgehead atoms. The van der Waals surface area contributed by atoms with E-state index in [9.17, 15) is 9.59 Å². The number of halogens is 1.